The lowest BCUT2D eigenvalue weighted by Gasteiger charge is -2.11. The summed E-state index contributed by atoms with van der Waals surface area (Å²) in [5, 5.41) is 7.68. The van der Waals surface area contributed by atoms with Gasteiger partial charge >= 0.3 is 6.01 Å². The second-order valence-corrected chi connectivity index (χ2v) is 8.22. The zero-order valence-corrected chi connectivity index (χ0v) is 19.6. The van der Waals surface area contributed by atoms with E-state index in [9.17, 15) is 0 Å². The molecule has 4 aromatic rings. The molecular weight excluding hydrogens is 518 g/mol. The Kier molecular flexibility index (Phi) is 7.03. The molecule has 12 heteroatoms. The molecule has 32 heavy (non-hydrogen) atoms. The first-order chi connectivity index (χ1) is 15.4. The van der Waals surface area contributed by atoms with Crippen LogP contribution in [0.1, 0.15) is 0 Å². The lowest BCUT2D eigenvalue weighted by Crippen LogP contribution is -2.06. The van der Waals surface area contributed by atoms with Crippen LogP contribution >= 0.6 is 58.0 Å². The quantitative estimate of drug-likeness (QED) is 0.247. The van der Waals surface area contributed by atoms with Gasteiger partial charge in [-0.3, -0.25) is 0 Å². The molecule has 162 valence electrons. The van der Waals surface area contributed by atoms with Gasteiger partial charge in [0.1, 0.15) is 5.02 Å². The number of hydrogen-bond donors (Lipinski definition) is 2. The Morgan fingerprint density at radius 1 is 0.594 bits per heavy atom. The number of nitrogens with zero attached hydrogens (tertiary/aromatic N) is 4. The molecule has 4 rings (SSSR count). The lowest BCUT2D eigenvalue weighted by molar-refractivity contribution is 0.425. The predicted molar refractivity (Wildman–Crippen MR) is 129 cm³/mol. The average Bonchev–Trinajstić information content (AvgIpc) is 2.75. The van der Waals surface area contributed by atoms with Crippen molar-refractivity contribution in [3.05, 3.63) is 79.8 Å². The summed E-state index contributed by atoms with van der Waals surface area (Å²) in [5.41, 5.74) is 1.41. The van der Waals surface area contributed by atoms with Crippen LogP contribution in [0, 0.1) is 0 Å². The molecule has 2 aromatic carbocycles. The van der Waals surface area contributed by atoms with Gasteiger partial charge in [0.05, 0.1) is 5.02 Å². The molecule has 2 N–H and O–H groups in total. The maximum absolute atomic E-state index is 6.16. The molecule has 2 aromatic heterocycles. The zero-order valence-electron chi connectivity index (χ0n) is 15.8. The number of anilines is 4. The largest absolute Gasteiger partial charge is 0.403 e. The number of rotatable bonds is 6. The van der Waals surface area contributed by atoms with Gasteiger partial charge in [-0.25, -0.2) is 0 Å². The third-order valence-electron chi connectivity index (χ3n) is 3.86. The van der Waals surface area contributed by atoms with Crippen LogP contribution in [0.2, 0.25) is 25.2 Å². The minimum atomic E-state index is -0.0827. The van der Waals surface area contributed by atoms with Crippen LogP contribution in [-0.4, -0.2) is 19.9 Å². The molecule has 0 aliphatic heterocycles. The summed E-state index contributed by atoms with van der Waals surface area (Å²) < 4.78 is 5.67. The van der Waals surface area contributed by atoms with Crippen molar-refractivity contribution < 1.29 is 4.74 Å². The van der Waals surface area contributed by atoms with Crippen LogP contribution in [0.5, 0.6) is 11.9 Å². The molecule has 0 bridgehead atoms. The average molecular weight is 529 g/mol. The van der Waals surface area contributed by atoms with E-state index in [1.54, 1.807) is 48.5 Å². The molecule has 0 radical (unpaired) electrons. The predicted octanol–water partition coefficient (Wildman–Crippen LogP) is 7.81. The van der Waals surface area contributed by atoms with E-state index in [2.05, 4.69) is 30.6 Å². The Labute approximate surface area is 207 Å². The Bertz CT molecular complexity index is 1190. The third kappa shape index (κ3) is 5.82. The highest BCUT2D eigenvalue weighted by molar-refractivity contribution is 6.42. The summed E-state index contributed by atoms with van der Waals surface area (Å²) in [6.45, 7) is 0. The van der Waals surface area contributed by atoms with Crippen molar-refractivity contribution in [3.63, 3.8) is 0 Å². The molecule has 2 heterocycles. The topological polar surface area (TPSA) is 84.9 Å². The highest BCUT2D eigenvalue weighted by Crippen LogP contribution is 2.33. The SMILES string of the molecule is Clc1ccc(Nc2nc(Nc3ccc(Cl)cc3)nc(Oc3nc(Cl)c(Cl)cc3Cl)n2)cc1. The monoisotopic (exact) mass is 526 g/mol. The van der Waals surface area contributed by atoms with E-state index < -0.39 is 0 Å². The second kappa shape index (κ2) is 9.94. The number of hydrogen-bond acceptors (Lipinski definition) is 7. The van der Waals surface area contributed by atoms with Crippen LogP contribution in [0.15, 0.2) is 54.6 Å². The molecule has 0 fully saturated rings. The Balaban J connectivity index is 1.68. The van der Waals surface area contributed by atoms with Gasteiger partial charge in [-0.05, 0) is 54.6 Å². The fourth-order valence-corrected chi connectivity index (χ4v) is 3.21. The first-order valence-corrected chi connectivity index (χ1v) is 10.8. The van der Waals surface area contributed by atoms with Crippen LogP contribution in [0.4, 0.5) is 23.3 Å². The molecule has 0 saturated carbocycles. The van der Waals surface area contributed by atoms with Gasteiger partial charge in [-0.1, -0.05) is 58.0 Å². The van der Waals surface area contributed by atoms with Crippen LogP contribution in [0.25, 0.3) is 0 Å². The Morgan fingerprint density at radius 3 is 1.59 bits per heavy atom. The van der Waals surface area contributed by atoms with Gasteiger partial charge in [0, 0.05) is 21.4 Å². The van der Waals surface area contributed by atoms with E-state index in [1.807, 2.05) is 0 Å². The van der Waals surface area contributed by atoms with E-state index in [-0.39, 0.29) is 39.0 Å². The molecule has 0 atom stereocenters. The highest BCUT2D eigenvalue weighted by atomic mass is 35.5. The van der Waals surface area contributed by atoms with Crippen LogP contribution < -0.4 is 15.4 Å². The summed E-state index contributed by atoms with van der Waals surface area (Å²) in [6.07, 6.45) is 0. The maximum atomic E-state index is 6.16. The smallest absolute Gasteiger partial charge is 0.330 e. The molecule has 0 aliphatic carbocycles. The molecular formula is C20H11Cl5N6O. The first kappa shape index (κ1) is 22.6. The van der Waals surface area contributed by atoms with Crippen molar-refractivity contribution >= 4 is 81.3 Å². The van der Waals surface area contributed by atoms with Crippen molar-refractivity contribution in [1.29, 1.82) is 0 Å². The van der Waals surface area contributed by atoms with E-state index >= 15 is 0 Å². The van der Waals surface area contributed by atoms with E-state index in [0.29, 0.717) is 21.4 Å². The number of pyridine rings is 1. The van der Waals surface area contributed by atoms with E-state index in [1.165, 1.54) is 6.07 Å². The Morgan fingerprint density at radius 2 is 1.09 bits per heavy atom. The molecule has 7 nitrogen and oxygen atoms in total. The van der Waals surface area contributed by atoms with E-state index in [4.69, 9.17) is 62.7 Å². The second-order valence-electron chi connectivity index (χ2n) is 6.18. The fraction of sp³-hybridized carbons (Fsp3) is 0. The van der Waals surface area contributed by atoms with Gasteiger partial charge in [0.15, 0.2) is 5.15 Å². The van der Waals surface area contributed by atoms with Gasteiger partial charge in [-0.2, -0.15) is 19.9 Å². The van der Waals surface area contributed by atoms with Crippen molar-refractivity contribution in [3.8, 4) is 11.9 Å². The van der Waals surface area contributed by atoms with Gasteiger partial charge in [0.25, 0.3) is 0 Å². The van der Waals surface area contributed by atoms with Crippen molar-refractivity contribution in [2.24, 2.45) is 0 Å². The standard InChI is InChI=1S/C20H11Cl5N6O/c21-10-1-5-12(6-2-10)26-18-29-19(27-13-7-3-11(22)4-8-13)31-20(30-18)32-17-15(24)9-14(23)16(25)28-17/h1-9H,(H2,26,27,29,30,31). The normalized spacial score (nSPS) is 10.7. The highest BCUT2D eigenvalue weighted by Gasteiger charge is 2.15. The minimum absolute atomic E-state index is 0.0119. The molecule has 0 saturated heterocycles. The summed E-state index contributed by atoms with van der Waals surface area (Å²) in [5.74, 6) is 0.386. The summed E-state index contributed by atoms with van der Waals surface area (Å²) in [6, 6.07) is 15.3. The van der Waals surface area contributed by atoms with E-state index in [0.717, 1.165) is 0 Å². The van der Waals surface area contributed by atoms with Crippen molar-refractivity contribution in [1.82, 2.24) is 19.9 Å². The fourth-order valence-electron chi connectivity index (χ4n) is 2.43. The van der Waals surface area contributed by atoms with Crippen molar-refractivity contribution in [2.75, 3.05) is 10.6 Å². The molecule has 0 aliphatic rings. The zero-order chi connectivity index (χ0) is 22.7. The maximum Gasteiger partial charge on any atom is 0.330 e. The molecule has 0 amide bonds. The number of nitrogens with one attached hydrogen (secondary N) is 2. The molecule has 0 unspecified atom stereocenters. The third-order valence-corrected chi connectivity index (χ3v) is 5.31. The first-order valence-electron chi connectivity index (χ1n) is 8.86. The number of ether oxygens (including phenoxy) is 1. The van der Waals surface area contributed by atoms with Crippen LogP contribution in [0.3, 0.4) is 0 Å². The van der Waals surface area contributed by atoms with Gasteiger partial charge in [0.2, 0.25) is 17.8 Å². The number of aromatic nitrogens is 4. The summed E-state index contributed by atoms with van der Waals surface area (Å²) in [4.78, 5) is 16.9. The number of benzene rings is 2. The Hall–Kier alpha value is -2.55. The molecule has 0 spiro atoms. The van der Waals surface area contributed by atoms with Gasteiger partial charge < -0.3 is 15.4 Å². The summed E-state index contributed by atoms with van der Waals surface area (Å²) in [7, 11) is 0. The summed E-state index contributed by atoms with van der Waals surface area (Å²) >= 11 is 30.0. The van der Waals surface area contributed by atoms with Crippen LogP contribution in [-0.2, 0) is 0 Å². The minimum Gasteiger partial charge on any atom is -0.403 e. The lowest BCUT2D eigenvalue weighted by atomic mass is 10.3. The van der Waals surface area contributed by atoms with Crippen molar-refractivity contribution in [2.45, 2.75) is 0 Å². The number of halogens is 5. The van der Waals surface area contributed by atoms with Gasteiger partial charge in [-0.15, -0.1) is 0 Å².